The van der Waals surface area contributed by atoms with Crippen LogP contribution in [0.25, 0.3) is 5.69 Å². The second-order valence-electron chi connectivity index (χ2n) is 8.41. The minimum atomic E-state index is -0.652. The van der Waals surface area contributed by atoms with Crippen LogP contribution in [-0.2, 0) is 20.8 Å². The third kappa shape index (κ3) is 7.27. The molecule has 0 fully saturated rings. The monoisotopic (exact) mass is 675 g/mol. The Morgan fingerprint density at radius 3 is 2.43 bits per heavy atom. The Bertz CT molecular complexity index is 1580. The highest BCUT2D eigenvalue weighted by molar-refractivity contribution is 9.10. The van der Waals surface area contributed by atoms with E-state index < -0.39 is 23.8 Å². The molecule has 2 N–H and O–H groups in total. The maximum absolute atomic E-state index is 13.1. The number of rotatable bonds is 12. The van der Waals surface area contributed by atoms with E-state index in [0.29, 0.717) is 22.2 Å². The molecule has 12 nitrogen and oxygen atoms in total. The standard InChI is InChI=1S/C27H26BrN5O7S2/c1-4-38-25(36)21-15(3)22(26(37)39-5-2)42-24(21)30-20(34)14-41-27-32-31-19(13-29-23(35)18-7-6-12-40-18)33(27)17-10-8-16(28)9-11-17/h6-12H,4-5,13-14H2,1-3H3,(H,29,35)(H,30,34). The molecule has 0 bridgehead atoms. The Kier molecular flexibility index (Phi) is 10.5. The fourth-order valence-corrected chi connectivity index (χ4v) is 5.89. The van der Waals surface area contributed by atoms with Crippen molar-refractivity contribution in [2.24, 2.45) is 0 Å². The number of carbonyl (C=O) groups is 4. The largest absolute Gasteiger partial charge is 0.462 e. The topological polar surface area (TPSA) is 155 Å². The summed E-state index contributed by atoms with van der Waals surface area (Å²) in [5.41, 5.74) is 1.19. The molecule has 3 heterocycles. The molecule has 3 aromatic heterocycles. The van der Waals surface area contributed by atoms with Crippen molar-refractivity contribution in [2.75, 3.05) is 24.3 Å². The van der Waals surface area contributed by atoms with Crippen molar-refractivity contribution in [3.05, 3.63) is 74.7 Å². The minimum absolute atomic E-state index is 0.0450. The summed E-state index contributed by atoms with van der Waals surface area (Å²) in [6.45, 7) is 5.28. The Morgan fingerprint density at radius 1 is 1.05 bits per heavy atom. The molecule has 0 atom stereocenters. The van der Waals surface area contributed by atoms with Crippen molar-refractivity contribution < 1.29 is 33.1 Å². The Labute approximate surface area is 257 Å². The predicted octanol–water partition coefficient (Wildman–Crippen LogP) is 5.01. The zero-order valence-electron chi connectivity index (χ0n) is 22.8. The molecule has 0 saturated carbocycles. The van der Waals surface area contributed by atoms with Gasteiger partial charge in [-0.25, -0.2) is 9.59 Å². The number of nitrogens with zero attached hydrogens (tertiary/aromatic N) is 3. The van der Waals surface area contributed by atoms with Crippen molar-refractivity contribution >= 4 is 67.8 Å². The number of carbonyl (C=O) groups excluding carboxylic acids is 4. The van der Waals surface area contributed by atoms with Crippen LogP contribution in [-0.4, -0.2) is 57.5 Å². The quantitative estimate of drug-likeness (QED) is 0.155. The van der Waals surface area contributed by atoms with Gasteiger partial charge in [0.15, 0.2) is 16.7 Å². The van der Waals surface area contributed by atoms with Gasteiger partial charge in [0.25, 0.3) is 5.91 Å². The molecule has 4 rings (SSSR count). The summed E-state index contributed by atoms with van der Waals surface area (Å²) in [5.74, 6) is -1.60. The first-order valence-corrected chi connectivity index (χ1v) is 15.2. The van der Waals surface area contributed by atoms with E-state index in [0.717, 1.165) is 27.6 Å². The van der Waals surface area contributed by atoms with Gasteiger partial charge in [-0.2, -0.15) is 0 Å². The van der Waals surface area contributed by atoms with E-state index in [9.17, 15) is 19.2 Å². The van der Waals surface area contributed by atoms with Gasteiger partial charge in [0, 0.05) is 10.2 Å². The highest BCUT2D eigenvalue weighted by Crippen LogP contribution is 2.35. The summed E-state index contributed by atoms with van der Waals surface area (Å²) >= 11 is 5.48. The van der Waals surface area contributed by atoms with Crippen LogP contribution < -0.4 is 10.6 Å². The number of anilines is 1. The van der Waals surface area contributed by atoms with Crippen molar-refractivity contribution in [1.29, 1.82) is 0 Å². The molecule has 0 radical (unpaired) electrons. The van der Waals surface area contributed by atoms with Gasteiger partial charge in [-0.3, -0.25) is 14.2 Å². The van der Waals surface area contributed by atoms with Gasteiger partial charge in [-0.1, -0.05) is 27.7 Å². The molecule has 4 aromatic rings. The Hall–Kier alpha value is -3.95. The first-order valence-electron chi connectivity index (χ1n) is 12.7. The number of amides is 2. The molecule has 0 saturated heterocycles. The molecule has 0 aliphatic carbocycles. The zero-order valence-corrected chi connectivity index (χ0v) is 26.0. The number of benzene rings is 1. The van der Waals surface area contributed by atoms with Crippen molar-refractivity contribution in [2.45, 2.75) is 32.5 Å². The van der Waals surface area contributed by atoms with Gasteiger partial charge in [-0.05, 0) is 62.7 Å². The van der Waals surface area contributed by atoms with Gasteiger partial charge in [-0.15, -0.1) is 21.5 Å². The number of ether oxygens (including phenoxy) is 2. The number of nitrogens with one attached hydrogen (secondary N) is 2. The van der Waals surface area contributed by atoms with E-state index in [2.05, 4.69) is 36.8 Å². The van der Waals surface area contributed by atoms with E-state index in [4.69, 9.17) is 13.9 Å². The second-order valence-corrected chi connectivity index (χ2v) is 11.3. The van der Waals surface area contributed by atoms with Gasteiger partial charge in [0.05, 0.1) is 37.3 Å². The summed E-state index contributed by atoms with van der Waals surface area (Å²) in [6.07, 6.45) is 1.41. The smallest absolute Gasteiger partial charge is 0.348 e. The summed E-state index contributed by atoms with van der Waals surface area (Å²) in [5, 5.41) is 14.5. The third-order valence-corrected chi connectivity index (χ3v) is 8.25. The Balaban J connectivity index is 1.53. The summed E-state index contributed by atoms with van der Waals surface area (Å²) in [4.78, 5) is 50.8. The van der Waals surface area contributed by atoms with Crippen LogP contribution in [0.15, 0.2) is 56.7 Å². The number of thiophene rings is 1. The molecule has 220 valence electrons. The molecule has 15 heteroatoms. The van der Waals surface area contributed by atoms with Gasteiger partial charge in [0.2, 0.25) is 5.91 Å². The van der Waals surface area contributed by atoms with Crippen molar-refractivity contribution in [1.82, 2.24) is 20.1 Å². The van der Waals surface area contributed by atoms with Crippen LogP contribution in [0.3, 0.4) is 0 Å². The highest BCUT2D eigenvalue weighted by atomic mass is 79.9. The fourth-order valence-electron chi connectivity index (χ4n) is 3.75. The lowest BCUT2D eigenvalue weighted by Crippen LogP contribution is -2.24. The number of furan rings is 1. The van der Waals surface area contributed by atoms with Crippen LogP contribution in [0.5, 0.6) is 0 Å². The first-order chi connectivity index (χ1) is 20.2. The molecule has 0 aliphatic heterocycles. The number of hydrogen-bond donors (Lipinski definition) is 2. The van der Waals surface area contributed by atoms with Crippen molar-refractivity contribution in [3.8, 4) is 5.69 Å². The molecule has 1 aromatic carbocycles. The van der Waals surface area contributed by atoms with Crippen LogP contribution in [0, 0.1) is 6.92 Å². The molecule has 0 aliphatic rings. The van der Waals surface area contributed by atoms with E-state index in [1.54, 1.807) is 37.5 Å². The summed E-state index contributed by atoms with van der Waals surface area (Å²) < 4.78 is 18.0. The highest BCUT2D eigenvalue weighted by Gasteiger charge is 2.27. The fraction of sp³-hybridized carbons (Fsp3) is 0.259. The molecule has 0 unspecified atom stereocenters. The van der Waals surface area contributed by atoms with Crippen LogP contribution in [0.4, 0.5) is 5.00 Å². The number of thioether (sulfide) groups is 1. The lowest BCUT2D eigenvalue weighted by atomic mass is 10.1. The van der Waals surface area contributed by atoms with E-state index in [-0.39, 0.29) is 46.7 Å². The van der Waals surface area contributed by atoms with Crippen LogP contribution >= 0.6 is 39.0 Å². The lowest BCUT2D eigenvalue weighted by molar-refractivity contribution is -0.113. The number of aromatic nitrogens is 3. The molecular weight excluding hydrogens is 650 g/mol. The summed E-state index contributed by atoms with van der Waals surface area (Å²) in [7, 11) is 0. The van der Waals surface area contributed by atoms with E-state index >= 15 is 0 Å². The lowest BCUT2D eigenvalue weighted by Gasteiger charge is -2.11. The SMILES string of the molecule is CCOC(=O)c1sc(NC(=O)CSc2nnc(CNC(=O)c3ccco3)n2-c2ccc(Br)cc2)c(C(=O)OCC)c1C. The minimum Gasteiger partial charge on any atom is -0.462 e. The zero-order chi connectivity index (χ0) is 30.2. The average molecular weight is 677 g/mol. The molecule has 42 heavy (non-hydrogen) atoms. The van der Waals surface area contributed by atoms with E-state index in [1.807, 2.05) is 24.3 Å². The average Bonchev–Trinajstić information content (AvgIpc) is 3.71. The summed E-state index contributed by atoms with van der Waals surface area (Å²) in [6, 6.07) is 10.5. The van der Waals surface area contributed by atoms with Gasteiger partial charge < -0.3 is 24.5 Å². The molecular formula is C27H26BrN5O7S2. The van der Waals surface area contributed by atoms with Crippen LogP contribution in [0.1, 0.15) is 55.8 Å². The predicted molar refractivity (Wildman–Crippen MR) is 159 cm³/mol. The first kappa shape index (κ1) is 31.0. The number of hydrogen-bond acceptors (Lipinski definition) is 11. The van der Waals surface area contributed by atoms with Gasteiger partial charge in [0.1, 0.15) is 9.88 Å². The normalized spacial score (nSPS) is 10.8. The molecule has 2 amide bonds. The van der Waals surface area contributed by atoms with E-state index in [1.165, 1.54) is 6.26 Å². The second kappa shape index (κ2) is 14.3. The van der Waals surface area contributed by atoms with Crippen molar-refractivity contribution in [3.63, 3.8) is 0 Å². The maximum atomic E-state index is 13.1. The number of halogens is 1. The van der Waals surface area contributed by atoms with Gasteiger partial charge >= 0.3 is 11.9 Å². The van der Waals surface area contributed by atoms with Crippen LogP contribution in [0.2, 0.25) is 0 Å². The molecule has 0 spiro atoms. The maximum Gasteiger partial charge on any atom is 0.348 e. The number of esters is 2. The third-order valence-electron chi connectivity index (χ3n) is 5.61. The Morgan fingerprint density at radius 2 is 1.76 bits per heavy atom.